The number of fused-ring (bicyclic) bond motifs is 1. The fraction of sp³-hybridized carbons (Fsp3) is 0.923. The number of rotatable bonds is 4. The summed E-state index contributed by atoms with van der Waals surface area (Å²) in [5.41, 5.74) is 5.55. The van der Waals surface area contributed by atoms with Crippen LogP contribution in [0.1, 0.15) is 51.4 Å². The summed E-state index contributed by atoms with van der Waals surface area (Å²) >= 11 is 4.94. The SMILES string of the molecule is NC(=S)CCCN1CCC[C@H]2CCCC[C@H]21. The minimum absolute atomic E-state index is 0.678. The van der Waals surface area contributed by atoms with Gasteiger partial charge in [-0.05, 0) is 57.5 Å². The molecule has 2 nitrogen and oxygen atoms in total. The van der Waals surface area contributed by atoms with Gasteiger partial charge >= 0.3 is 0 Å². The number of thiocarbonyl (C=S) groups is 1. The van der Waals surface area contributed by atoms with E-state index in [4.69, 9.17) is 18.0 Å². The van der Waals surface area contributed by atoms with E-state index in [1.807, 2.05) is 0 Å². The van der Waals surface area contributed by atoms with Crippen molar-refractivity contribution in [2.45, 2.75) is 57.4 Å². The first-order valence-corrected chi connectivity index (χ1v) is 7.20. The minimum atomic E-state index is 0.678. The summed E-state index contributed by atoms with van der Waals surface area (Å²) in [6.07, 6.45) is 10.7. The lowest BCUT2D eigenvalue weighted by molar-refractivity contribution is 0.0606. The number of likely N-dealkylation sites (tertiary alicyclic amines) is 1. The van der Waals surface area contributed by atoms with Gasteiger partial charge in [-0.1, -0.05) is 25.1 Å². The third-order valence-electron chi connectivity index (χ3n) is 4.23. The highest BCUT2D eigenvalue weighted by Gasteiger charge is 2.32. The summed E-state index contributed by atoms with van der Waals surface area (Å²) in [4.78, 5) is 3.39. The molecule has 3 heteroatoms. The maximum Gasteiger partial charge on any atom is 0.0727 e. The van der Waals surface area contributed by atoms with Crippen molar-refractivity contribution < 1.29 is 0 Å². The van der Waals surface area contributed by atoms with Crippen LogP contribution in [0.4, 0.5) is 0 Å². The second-order valence-electron chi connectivity index (χ2n) is 5.36. The normalized spacial score (nSPS) is 31.0. The lowest BCUT2D eigenvalue weighted by atomic mass is 9.78. The van der Waals surface area contributed by atoms with Crippen LogP contribution in [0.15, 0.2) is 0 Å². The fourth-order valence-corrected chi connectivity index (χ4v) is 3.61. The second kappa shape index (κ2) is 5.97. The summed E-state index contributed by atoms with van der Waals surface area (Å²) in [7, 11) is 0. The van der Waals surface area contributed by atoms with E-state index in [0.717, 1.165) is 24.8 Å². The average molecular weight is 240 g/mol. The predicted octanol–water partition coefficient (Wildman–Crippen LogP) is 2.71. The molecule has 1 heterocycles. The maximum absolute atomic E-state index is 5.55. The third-order valence-corrected chi connectivity index (χ3v) is 4.43. The van der Waals surface area contributed by atoms with Crippen LogP contribution in [-0.2, 0) is 0 Å². The number of hydrogen-bond acceptors (Lipinski definition) is 2. The molecule has 2 fully saturated rings. The van der Waals surface area contributed by atoms with Crippen molar-refractivity contribution in [1.82, 2.24) is 4.90 Å². The molecule has 1 saturated heterocycles. The first kappa shape index (κ1) is 12.3. The van der Waals surface area contributed by atoms with Crippen LogP contribution in [0.2, 0.25) is 0 Å². The van der Waals surface area contributed by atoms with Gasteiger partial charge in [0.05, 0.1) is 4.99 Å². The summed E-state index contributed by atoms with van der Waals surface area (Å²) in [5.74, 6) is 0.993. The zero-order valence-electron chi connectivity index (χ0n) is 10.2. The Hall–Kier alpha value is -0.150. The van der Waals surface area contributed by atoms with Crippen molar-refractivity contribution in [1.29, 1.82) is 0 Å². The lowest BCUT2D eigenvalue weighted by Crippen LogP contribution is -2.47. The molecule has 0 aromatic heterocycles. The van der Waals surface area contributed by atoms with Gasteiger partial charge in [-0.15, -0.1) is 0 Å². The number of nitrogens with two attached hydrogens (primary N) is 1. The van der Waals surface area contributed by atoms with Crippen LogP contribution >= 0.6 is 12.2 Å². The molecule has 16 heavy (non-hydrogen) atoms. The van der Waals surface area contributed by atoms with Crippen molar-refractivity contribution in [3.8, 4) is 0 Å². The maximum atomic E-state index is 5.55. The summed E-state index contributed by atoms with van der Waals surface area (Å²) < 4.78 is 0. The Morgan fingerprint density at radius 1 is 1.19 bits per heavy atom. The topological polar surface area (TPSA) is 29.3 Å². The van der Waals surface area contributed by atoms with E-state index in [1.54, 1.807) is 0 Å². The first-order valence-electron chi connectivity index (χ1n) is 6.80. The van der Waals surface area contributed by atoms with Gasteiger partial charge in [0.15, 0.2) is 0 Å². The van der Waals surface area contributed by atoms with Crippen LogP contribution in [0.25, 0.3) is 0 Å². The van der Waals surface area contributed by atoms with Gasteiger partial charge in [0.2, 0.25) is 0 Å². The van der Waals surface area contributed by atoms with Gasteiger partial charge in [0.25, 0.3) is 0 Å². The van der Waals surface area contributed by atoms with Crippen LogP contribution < -0.4 is 5.73 Å². The Kier molecular flexibility index (Phi) is 4.59. The molecule has 0 spiro atoms. The fourth-order valence-electron chi connectivity index (χ4n) is 3.46. The Labute approximate surface area is 105 Å². The van der Waals surface area contributed by atoms with Gasteiger partial charge < -0.3 is 10.6 Å². The molecule has 2 rings (SSSR count). The van der Waals surface area contributed by atoms with E-state index in [2.05, 4.69) is 4.90 Å². The minimum Gasteiger partial charge on any atom is -0.393 e. The lowest BCUT2D eigenvalue weighted by Gasteiger charge is -2.44. The quantitative estimate of drug-likeness (QED) is 0.766. The van der Waals surface area contributed by atoms with E-state index in [9.17, 15) is 0 Å². The van der Waals surface area contributed by atoms with Gasteiger partial charge in [-0.3, -0.25) is 0 Å². The monoisotopic (exact) mass is 240 g/mol. The van der Waals surface area contributed by atoms with Crippen molar-refractivity contribution in [2.24, 2.45) is 11.7 Å². The zero-order valence-corrected chi connectivity index (χ0v) is 11.0. The molecule has 2 aliphatic rings. The van der Waals surface area contributed by atoms with Gasteiger partial charge in [0, 0.05) is 6.04 Å². The highest BCUT2D eigenvalue weighted by atomic mass is 32.1. The molecule has 2 N–H and O–H groups in total. The smallest absolute Gasteiger partial charge is 0.0727 e. The molecule has 0 radical (unpaired) electrons. The van der Waals surface area contributed by atoms with E-state index >= 15 is 0 Å². The summed E-state index contributed by atoms with van der Waals surface area (Å²) in [6.45, 7) is 2.51. The standard InChI is InChI=1S/C13H24N2S/c14-13(16)8-4-10-15-9-3-6-11-5-1-2-7-12(11)15/h11-12H,1-10H2,(H2,14,16)/t11-,12-/m1/s1. The van der Waals surface area contributed by atoms with E-state index in [-0.39, 0.29) is 0 Å². The first-order chi connectivity index (χ1) is 7.77. The van der Waals surface area contributed by atoms with E-state index in [1.165, 1.54) is 51.6 Å². The molecular formula is C13H24N2S. The van der Waals surface area contributed by atoms with Gasteiger partial charge in [-0.2, -0.15) is 0 Å². The average Bonchev–Trinajstić information content (AvgIpc) is 2.29. The largest absolute Gasteiger partial charge is 0.393 e. The molecule has 92 valence electrons. The van der Waals surface area contributed by atoms with Crippen LogP contribution in [0, 0.1) is 5.92 Å². The highest BCUT2D eigenvalue weighted by Crippen LogP contribution is 2.35. The third kappa shape index (κ3) is 3.17. The highest BCUT2D eigenvalue weighted by molar-refractivity contribution is 7.80. The van der Waals surface area contributed by atoms with Crippen molar-refractivity contribution in [3.63, 3.8) is 0 Å². The molecule has 0 bridgehead atoms. The number of piperidine rings is 1. The molecule has 0 aromatic carbocycles. The zero-order chi connectivity index (χ0) is 11.4. The molecular weight excluding hydrogens is 216 g/mol. The molecule has 2 atom stereocenters. The van der Waals surface area contributed by atoms with E-state index in [0.29, 0.717) is 4.99 Å². The van der Waals surface area contributed by atoms with Crippen molar-refractivity contribution in [2.75, 3.05) is 13.1 Å². The van der Waals surface area contributed by atoms with Crippen LogP contribution in [0.3, 0.4) is 0 Å². The number of hydrogen-bond donors (Lipinski definition) is 1. The summed E-state index contributed by atoms with van der Waals surface area (Å²) in [5, 5.41) is 0. The Bertz CT molecular complexity index is 240. The van der Waals surface area contributed by atoms with Crippen LogP contribution in [-0.4, -0.2) is 29.0 Å². The molecule has 1 aliphatic heterocycles. The molecule has 0 aromatic rings. The molecule has 1 aliphatic carbocycles. The van der Waals surface area contributed by atoms with Crippen LogP contribution in [0.5, 0.6) is 0 Å². The Balaban J connectivity index is 1.80. The van der Waals surface area contributed by atoms with Crippen molar-refractivity contribution in [3.05, 3.63) is 0 Å². The van der Waals surface area contributed by atoms with Crippen molar-refractivity contribution >= 4 is 17.2 Å². The van der Waals surface area contributed by atoms with Gasteiger partial charge in [-0.25, -0.2) is 0 Å². The van der Waals surface area contributed by atoms with E-state index < -0.39 is 0 Å². The molecule has 0 unspecified atom stereocenters. The Morgan fingerprint density at radius 2 is 1.94 bits per heavy atom. The molecule has 0 amide bonds. The molecule has 1 saturated carbocycles. The Morgan fingerprint density at radius 3 is 2.75 bits per heavy atom. The predicted molar refractivity (Wildman–Crippen MR) is 72.6 cm³/mol. The second-order valence-corrected chi connectivity index (χ2v) is 5.88. The summed E-state index contributed by atoms with van der Waals surface area (Å²) in [6, 6.07) is 0.883. The number of nitrogens with zero attached hydrogens (tertiary/aromatic N) is 1. The van der Waals surface area contributed by atoms with Gasteiger partial charge in [0.1, 0.15) is 0 Å².